The third-order valence-corrected chi connectivity index (χ3v) is 6.43. The lowest BCUT2D eigenvalue weighted by molar-refractivity contribution is -0.144. The first-order valence-electron chi connectivity index (χ1n) is 10.2. The van der Waals surface area contributed by atoms with Gasteiger partial charge in [-0.1, -0.05) is 26.0 Å². The third kappa shape index (κ3) is 4.75. The molecule has 158 valence electrons. The second-order valence-corrected chi connectivity index (χ2v) is 9.43. The topological polar surface area (TPSA) is 81.4 Å². The molecule has 0 saturated carbocycles. The van der Waals surface area contributed by atoms with Gasteiger partial charge < -0.3 is 10.1 Å². The molecule has 1 aliphatic carbocycles. The summed E-state index contributed by atoms with van der Waals surface area (Å²) in [6.45, 7) is 7.42. The van der Waals surface area contributed by atoms with Gasteiger partial charge in [-0.15, -0.1) is 11.8 Å². The van der Waals surface area contributed by atoms with Crippen molar-refractivity contribution < 1.29 is 9.53 Å². The Bertz CT molecular complexity index is 964. The number of nitrogens with zero attached hydrogens (tertiary/aromatic N) is 4. The van der Waals surface area contributed by atoms with Gasteiger partial charge in [-0.05, 0) is 42.9 Å². The highest BCUT2D eigenvalue weighted by molar-refractivity contribution is 8.04. The molecule has 2 aromatic rings. The predicted octanol–water partition coefficient (Wildman–Crippen LogP) is 3.70. The lowest BCUT2D eigenvalue weighted by Crippen LogP contribution is -2.45. The minimum atomic E-state index is -0.292. The van der Waals surface area contributed by atoms with Crippen molar-refractivity contribution in [3.8, 4) is 0 Å². The summed E-state index contributed by atoms with van der Waals surface area (Å²) in [6, 6.07) is 7.95. The smallest absolute Gasteiger partial charge is 0.329 e. The Morgan fingerprint density at radius 1 is 1.33 bits per heavy atom. The minimum Gasteiger partial charge on any atom is -0.464 e. The summed E-state index contributed by atoms with van der Waals surface area (Å²) in [7, 11) is 0. The van der Waals surface area contributed by atoms with Crippen LogP contribution in [0.1, 0.15) is 39.2 Å². The molecular formula is C22H27N5O2S. The molecule has 1 N–H and O–H groups in total. The van der Waals surface area contributed by atoms with Crippen LogP contribution in [0.25, 0.3) is 0 Å². The number of aromatic nitrogens is 3. The van der Waals surface area contributed by atoms with Crippen LogP contribution in [0.5, 0.6) is 0 Å². The number of aliphatic imine (C=N–C) groups is 1. The molecule has 8 heteroatoms. The van der Waals surface area contributed by atoms with Crippen LogP contribution in [0.3, 0.4) is 0 Å². The fraction of sp³-hybridized carbons (Fsp3) is 0.455. The maximum Gasteiger partial charge on any atom is 0.329 e. The fourth-order valence-electron chi connectivity index (χ4n) is 3.83. The number of thioether (sulfide) groups is 1. The van der Waals surface area contributed by atoms with Gasteiger partial charge in [-0.3, -0.25) is 4.99 Å². The number of hydrogen-bond acceptors (Lipinski definition) is 7. The van der Waals surface area contributed by atoms with E-state index >= 15 is 0 Å². The number of hydrogen-bond donors (Lipinski definition) is 1. The molecule has 2 heterocycles. The molecule has 1 unspecified atom stereocenters. The van der Waals surface area contributed by atoms with Crippen molar-refractivity contribution in [2.75, 3.05) is 12.4 Å². The summed E-state index contributed by atoms with van der Waals surface area (Å²) in [5, 5.41) is 7.58. The molecule has 0 bridgehead atoms. The van der Waals surface area contributed by atoms with E-state index in [0.717, 1.165) is 35.5 Å². The van der Waals surface area contributed by atoms with Crippen molar-refractivity contribution in [2.45, 2.75) is 46.2 Å². The highest BCUT2D eigenvalue weighted by Crippen LogP contribution is 2.43. The van der Waals surface area contributed by atoms with Crippen molar-refractivity contribution in [1.82, 2.24) is 20.1 Å². The number of ether oxygens (including phenoxy) is 1. The Morgan fingerprint density at radius 2 is 2.13 bits per heavy atom. The average molecular weight is 426 g/mol. The van der Waals surface area contributed by atoms with Crippen molar-refractivity contribution in [2.24, 2.45) is 10.4 Å². The maximum atomic E-state index is 12.2. The van der Waals surface area contributed by atoms with Gasteiger partial charge in [0.1, 0.15) is 18.7 Å². The van der Waals surface area contributed by atoms with E-state index in [2.05, 4.69) is 41.4 Å². The standard InChI is InChI=1S/C22H27N5O2S/c1-4-29-21(28)19-12-30-20-17(9-22(2,3)10-18(20)26-19)25-16-7-5-15(6-8-16)11-27-14-23-13-24-27/h5-8,13-14,19,26H,4,9-12H2,1-3H3/b25-17+. The van der Waals surface area contributed by atoms with E-state index in [9.17, 15) is 4.79 Å². The second-order valence-electron chi connectivity index (χ2n) is 8.40. The summed E-state index contributed by atoms with van der Waals surface area (Å²) in [6.07, 6.45) is 5.06. The Kier molecular flexibility index (Phi) is 5.94. The van der Waals surface area contributed by atoms with E-state index in [0.29, 0.717) is 18.9 Å². The molecule has 0 fully saturated rings. The number of carbonyl (C=O) groups is 1. The van der Waals surface area contributed by atoms with E-state index < -0.39 is 0 Å². The Balaban J connectivity index is 1.55. The van der Waals surface area contributed by atoms with Crippen LogP contribution >= 0.6 is 11.8 Å². The number of benzene rings is 1. The quantitative estimate of drug-likeness (QED) is 0.736. The number of rotatable bonds is 5. The monoisotopic (exact) mass is 425 g/mol. The summed E-state index contributed by atoms with van der Waals surface area (Å²) < 4.78 is 7.00. The molecule has 0 saturated heterocycles. The summed E-state index contributed by atoms with van der Waals surface area (Å²) in [5.41, 5.74) is 4.37. The fourth-order valence-corrected chi connectivity index (χ4v) is 4.97. The molecule has 7 nitrogen and oxygen atoms in total. The van der Waals surface area contributed by atoms with Gasteiger partial charge in [0, 0.05) is 16.4 Å². The SMILES string of the molecule is CCOC(=O)C1CSC2=C(CC(C)(C)C/C2=N\c2ccc(Cn3cncn3)cc2)N1. The van der Waals surface area contributed by atoms with E-state index in [-0.39, 0.29) is 17.4 Å². The zero-order valence-electron chi connectivity index (χ0n) is 17.6. The summed E-state index contributed by atoms with van der Waals surface area (Å²) in [5.74, 6) is 0.481. The zero-order valence-corrected chi connectivity index (χ0v) is 18.4. The van der Waals surface area contributed by atoms with Gasteiger partial charge in [0.25, 0.3) is 0 Å². The molecule has 30 heavy (non-hydrogen) atoms. The molecule has 4 rings (SSSR count). The van der Waals surface area contributed by atoms with Crippen molar-refractivity contribution in [3.63, 3.8) is 0 Å². The number of carbonyl (C=O) groups excluding carboxylic acids is 1. The second kappa shape index (κ2) is 8.63. The van der Waals surface area contributed by atoms with Gasteiger partial charge in [0.15, 0.2) is 0 Å². The lowest BCUT2D eigenvalue weighted by Gasteiger charge is -2.38. The van der Waals surface area contributed by atoms with Gasteiger partial charge in [0.05, 0.1) is 24.6 Å². The van der Waals surface area contributed by atoms with Crippen LogP contribution in [0, 0.1) is 5.41 Å². The molecule has 1 atom stereocenters. The van der Waals surface area contributed by atoms with Crippen LogP contribution < -0.4 is 5.32 Å². The Morgan fingerprint density at radius 3 is 2.83 bits per heavy atom. The van der Waals surface area contributed by atoms with Crippen LogP contribution in [-0.4, -0.2) is 44.8 Å². The van der Waals surface area contributed by atoms with Crippen LogP contribution in [-0.2, 0) is 16.1 Å². The first kappa shape index (κ1) is 20.7. The van der Waals surface area contributed by atoms with Gasteiger partial charge in [-0.2, -0.15) is 5.10 Å². The third-order valence-electron chi connectivity index (χ3n) is 5.16. The number of nitrogens with one attached hydrogen (secondary N) is 1. The molecule has 1 aliphatic heterocycles. The first-order chi connectivity index (χ1) is 14.4. The Labute approximate surface area is 181 Å². The Hall–Kier alpha value is -2.61. The normalized spacial score (nSPS) is 21.8. The zero-order chi connectivity index (χ0) is 21.1. The predicted molar refractivity (Wildman–Crippen MR) is 119 cm³/mol. The summed E-state index contributed by atoms with van der Waals surface area (Å²) in [4.78, 5) is 22.3. The maximum absolute atomic E-state index is 12.2. The molecule has 1 aromatic carbocycles. The molecule has 0 amide bonds. The number of esters is 1. The molecule has 0 spiro atoms. The van der Waals surface area contributed by atoms with Crippen molar-refractivity contribution in [1.29, 1.82) is 0 Å². The van der Waals surface area contributed by atoms with Gasteiger partial charge in [-0.25, -0.2) is 14.5 Å². The van der Waals surface area contributed by atoms with Gasteiger partial charge in [0.2, 0.25) is 0 Å². The molecule has 0 radical (unpaired) electrons. The van der Waals surface area contributed by atoms with E-state index in [1.54, 1.807) is 29.1 Å². The van der Waals surface area contributed by atoms with Gasteiger partial charge >= 0.3 is 5.97 Å². The largest absolute Gasteiger partial charge is 0.464 e. The van der Waals surface area contributed by atoms with Crippen molar-refractivity contribution >= 4 is 29.1 Å². The highest BCUT2D eigenvalue weighted by atomic mass is 32.2. The van der Waals surface area contributed by atoms with E-state index in [1.165, 1.54) is 4.91 Å². The molecule has 1 aromatic heterocycles. The molecule has 2 aliphatic rings. The first-order valence-corrected chi connectivity index (χ1v) is 11.2. The van der Waals surface area contributed by atoms with E-state index in [4.69, 9.17) is 9.73 Å². The lowest BCUT2D eigenvalue weighted by atomic mass is 9.78. The van der Waals surface area contributed by atoms with Crippen LogP contribution in [0.15, 0.2) is 52.5 Å². The van der Waals surface area contributed by atoms with E-state index in [1.807, 2.05) is 19.1 Å². The summed E-state index contributed by atoms with van der Waals surface area (Å²) >= 11 is 1.71. The van der Waals surface area contributed by atoms with Crippen molar-refractivity contribution in [3.05, 3.63) is 53.1 Å². The molecular weight excluding hydrogens is 398 g/mol. The van der Waals surface area contributed by atoms with Crippen LogP contribution in [0.2, 0.25) is 0 Å². The average Bonchev–Trinajstić information content (AvgIpc) is 3.21. The minimum absolute atomic E-state index is 0.0782. The number of allylic oxidation sites excluding steroid dienone is 2. The van der Waals surface area contributed by atoms with Crippen LogP contribution in [0.4, 0.5) is 5.69 Å². The highest BCUT2D eigenvalue weighted by Gasteiger charge is 2.37.